The van der Waals surface area contributed by atoms with Crippen molar-refractivity contribution in [2.45, 2.75) is 45.1 Å². The molecule has 1 N–H and O–H groups in total. The van der Waals surface area contributed by atoms with E-state index in [1.54, 1.807) is 18.0 Å². The summed E-state index contributed by atoms with van der Waals surface area (Å²) in [6.07, 6.45) is 8.45. The zero-order valence-electron chi connectivity index (χ0n) is 22.3. The second-order valence-electron chi connectivity index (χ2n) is 10.5. The molecular weight excluding hydrogens is 479 g/mol. The maximum Gasteiger partial charge on any atom is 0.256 e. The van der Waals surface area contributed by atoms with E-state index < -0.39 is 5.82 Å². The van der Waals surface area contributed by atoms with Gasteiger partial charge in [-0.1, -0.05) is 36.4 Å². The summed E-state index contributed by atoms with van der Waals surface area (Å²) in [5, 5.41) is 5.40. The fourth-order valence-corrected chi connectivity index (χ4v) is 5.40. The van der Waals surface area contributed by atoms with Crippen LogP contribution in [0.1, 0.15) is 54.1 Å². The van der Waals surface area contributed by atoms with Crippen molar-refractivity contribution in [2.24, 2.45) is 0 Å². The van der Waals surface area contributed by atoms with Crippen molar-refractivity contribution in [3.8, 4) is 5.69 Å². The van der Waals surface area contributed by atoms with Crippen LogP contribution in [0.2, 0.25) is 0 Å². The molecule has 1 saturated heterocycles. The third-order valence-electron chi connectivity index (χ3n) is 7.81. The lowest BCUT2D eigenvalue weighted by atomic mass is 9.89. The highest BCUT2D eigenvalue weighted by Crippen LogP contribution is 2.28. The van der Waals surface area contributed by atoms with Crippen molar-refractivity contribution in [1.82, 2.24) is 19.7 Å². The van der Waals surface area contributed by atoms with E-state index in [-0.39, 0.29) is 17.9 Å². The zero-order chi connectivity index (χ0) is 26.8. The number of carbonyl (C=O) groups is 2. The molecule has 2 aliphatic heterocycles. The van der Waals surface area contributed by atoms with Gasteiger partial charge in [-0.05, 0) is 61.9 Å². The molecule has 1 fully saturated rings. The molecule has 0 radical (unpaired) electrons. The fourth-order valence-electron chi connectivity index (χ4n) is 5.40. The topological polar surface area (TPSA) is 57.6 Å². The predicted octanol–water partition coefficient (Wildman–Crippen LogP) is 3.17. The Morgan fingerprint density at radius 1 is 1.11 bits per heavy atom. The van der Waals surface area contributed by atoms with Crippen molar-refractivity contribution in [3.63, 3.8) is 0 Å². The molecule has 0 atom stereocenters. The Morgan fingerprint density at radius 2 is 1.84 bits per heavy atom. The first-order valence-corrected chi connectivity index (χ1v) is 13.4. The minimum atomic E-state index is -0.434. The van der Waals surface area contributed by atoms with E-state index in [0.29, 0.717) is 23.6 Å². The average molecular weight is 515 g/mol. The fraction of sp³-hybridized carbons (Fsp3) is 0.355. The Balaban J connectivity index is 1.43. The van der Waals surface area contributed by atoms with E-state index in [1.165, 1.54) is 17.7 Å². The molecule has 5 rings (SSSR count). The van der Waals surface area contributed by atoms with Crippen molar-refractivity contribution in [3.05, 3.63) is 87.8 Å². The number of nitrogens with zero attached hydrogens (tertiary/aromatic N) is 3. The largest absolute Gasteiger partial charge is 0.386 e. The van der Waals surface area contributed by atoms with Crippen molar-refractivity contribution >= 4 is 24.1 Å². The van der Waals surface area contributed by atoms with Crippen LogP contribution in [0.25, 0.3) is 18.0 Å². The number of nitrogens with one attached hydrogen (secondary N) is 1. The Hall–Kier alpha value is -3.87. The molecule has 6 nitrogen and oxygen atoms in total. The number of fused-ring (bicyclic) bond motifs is 1. The number of hydrogen-bond acceptors (Lipinski definition) is 3. The Labute approximate surface area is 223 Å². The van der Waals surface area contributed by atoms with Gasteiger partial charge in [-0.25, -0.2) is 4.39 Å². The molecule has 198 valence electrons. The monoisotopic (exact) mass is 514 g/mol. The minimum absolute atomic E-state index is 0.0101. The number of aromatic nitrogens is 1. The quantitative estimate of drug-likeness (QED) is 0.550. The van der Waals surface area contributed by atoms with Gasteiger partial charge in [0.15, 0.2) is 0 Å². The molecule has 1 aromatic heterocycles. The number of benzene rings is 2. The summed E-state index contributed by atoms with van der Waals surface area (Å²) >= 11 is 0. The Morgan fingerprint density at radius 3 is 2.55 bits per heavy atom. The summed E-state index contributed by atoms with van der Waals surface area (Å²) in [5.74, 6) is -0.179. The number of likely N-dealkylation sites (tertiary alicyclic amines) is 1. The summed E-state index contributed by atoms with van der Waals surface area (Å²) < 4.78 is 16.3. The predicted molar refractivity (Wildman–Crippen MR) is 148 cm³/mol. The van der Waals surface area contributed by atoms with Gasteiger partial charge < -0.3 is 19.7 Å². The highest BCUT2D eigenvalue weighted by Gasteiger charge is 2.27. The van der Waals surface area contributed by atoms with E-state index in [2.05, 4.69) is 17.6 Å². The molecule has 3 heterocycles. The zero-order valence-corrected chi connectivity index (χ0v) is 22.3. The maximum absolute atomic E-state index is 14.3. The Bertz CT molecular complexity index is 1450. The molecule has 38 heavy (non-hydrogen) atoms. The molecule has 3 aromatic rings. The summed E-state index contributed by atoms with van der Waals surface area (Å²) in [6.45, 7) is 6.05. The van der Waals surface area contributed by atoms with Crippen LogP contribution in [0, 0.1) is 5.82 Å². The summed E-state index contributed by atoms with van der Waals surface area (Å²) in [6, 6.07) is 14.3. The second-order valence-corrected chi connectivity index (χ2v) is 10.5. The number of carbonyl (C=O) groups excluding carboxylic acids is 2. The van der Waals surface area contributed by atoms with Crippen molar-refractivity contribution in [2.75, 3.05) is 26.7 Å². The molecule has 2 aromatic carbocycles. The minimum Gasteiger partial charge on any atom is -0.386 e. The summed E-state index contributed by atoms with van der Waals surface area (Å²) in [5.41, 5.74) is 3.25. The van der Waals surface area contributed by atoms with Gasteiger partial charge in [0.1, 0.15) is 5.82 Å². The lowest BCUT2D eigenvalue weighted by molar-refractivity contribution is -0.131. The normalized spacial score (nSPS) is 15.3. The first kappa shape index (κ1) is 25.8. The third kappa shape index (κ3) is 5.10. The second kappa shape index (κ2) is 10.9. The molecule has 0 bridgehead atoms. The molecule has 2 amide bonds. The smallest absolute Gasteiger partial charge is 0.256 e. The van der Waals surface area contributed by atoms with Gasteiger partial charge in [0.25, 0.3) is 5.91 Å². The summed E-state index contributed by atoms with van der Waals surface area (Å²) in [4.78, 5) is 29.8. The van der Waals surface area contributed by atoms with E-state index in [4.69, 9.17) is 0 Å². The summed E-state index contributed by atoms with van der Waals surface area (Å²) in [7, 11) is 1.74. The lowest BCUT2D eigenvalue weighted by Gasteiger charge is -2.32. The van der Waals surface area contributed by atoms with Gasteiger partial charge in [-0.2, -0.15) is 0 Å². The van der Waals surface area contributed by atoms with E-state index in [9.17, 15) is 14.0 Å². The van der Waals surface area contributed by atoms with Crippen LogP contribution in [-0.4, -0.2) is 58.9 Å². The van der Waals surface area contributed by atoms with E-state index in [1.807, 2.05) is 59.8 Å². The molecule has 7 heteroatoms. The average Bonchev–Trinajstić information content (AvgIpc) is 3.32. The van der Waals surface area contributed by atoms with Crippen molar-refractivity contribution < 1.29 is 14.0 Å². The lowest BCUT2D eigenvalue weighted by Crippen LogP contribution is -2.41. The maximum atomic E-state index is 14.3. The van der Waals surface area contributed by atoms with Crippen LogP contribution in [-0.2, 0) is 11.2 Å². The molecular formula is C31H35FN4O2. The van der Waals surface area contributed by atoms with Crippen LogP contribution in [0.5, 0.6) is 0 Å². The first-order valence-electron chi connectivity index (χ1n) is 13.4. The molecule has 0 spiro atoms. The Kier molecular flexibility index (Phi) is 7.36. The van der Waals surface area contributed by atoms with Gasteiger partial charge in [-0.3, -0.25) is 9.59 Å². The number of rotatable bonds is 6. The number of amides is 2. The number of piperidine rings is 1. The van der Waals surface area contributed by atoms with E-state index in [0.717, 1.165) is 48.6 Å². The van der Waals surface area contributed by atoms with Gasteiger partial charge >= 0.3 is 0 Å². The SMILES string of the molecule is CC(C)N(C)C(=O)c1cc(F)ccc1-n1cc(C2CCN(C(=O)Cc3ccccc3)CC2)c2c1=CNCC=2. The number of hydrogen-bond donors (Lipinski definition) is 1. The molecule has 0 unspecified atom stereocenters. The van der Waals surface area contributed by atoms with Crippen molar-refractivity contribution in [1.29, 1.82) is 0 Å². The highest BCUT2D eigenvalue weighted by molar-refractivity contribution is 5.98. The molecule has 2 aliphatic rings. The standard InChI is InChI=1S/C31H35FN4O2/c1-21(2)34(3)31(38)26-18-24(32)9-10-28(26)36-20-27(25-11-14-33-19-29(25)36)23-12-15-35(16-13-23)30(37)17-22-7-5-4-6-8-22/h4-11,18-21,23,33H,12-17H2,1-3H3. The molecule has 0 aliphatic carbocycles. The molecule has 0 saturated carbocycles. The van der Waals surface area contributed by atoms with Gasteiger partial charge in [0, 0.05) is 50.3 Å². The van der Waals surface area contributed by atoms with Gasteiger partial charge in [0.2, 0.25) is 5.91 Å². The highest BCUT2D eigenvalue weighted by atomic mass is 19.1. The van der Waals surface area contributed by atoms with Crippen LogP contribution in [0.15, 0.2) is 54.7 Å². The first-order chi connectivity index (χ1) is 18.3. The van der Waals surface area contributed by atoms with Crippen LogP contribution in [0.3, 0.4) is 0 Å². The van der Waals surface area contributed by atoms with Gasteiger partial charge in [0.05, 0.1) is 23.0 Å². The van der Waals surface area contributed by atoms with E-state index >= 15 is 0 Å². The van der Waals surface area contributed by atoms with Crippen LogP contribution < -0.4 is 15.9 Å². The van der Waals surface area contributed by atoms with Gasteiger partial charge in [-0.15, -0.1) is 0 Å². The van der Waals surface area contributed by atoms with Crippen LogP contribution in [0.4, 0.5) is 4.39 Å². The third-order valence-corrected chi connectivity index (χ3v) is 7.81. The van der Waals surface area contributed by atoms with Crippen LogP contribution >= 0.6 is 0 Å². The number of halogens is 1.